The van der Waals surface area contributed by atoms with Crippen LogP contribution in [0.4, 0.5) is 10.5 Å². The highest BCUT2D eigenvalue weighted by Crippen LogP contribution is 2.24. The molecule has 29 heavy (non-hydrogen) atoms. The Hall–Kier alpha value is -2.00. The first kappa shape index (κ1) is 20.3. The van der Waals surface area contributed by atoms with Crippen LogP contribution < -0.4 is 10.6 Å². The lowest BCUT2D eigenvalue weighted by molar-refractivity contribution is 0.00222. The van der Waals surface area contributed by atoms with Crippen molar-refractivity contribution < 1.29 is 14.3 Å². The Morgan fingerprint density at radius 3 is 2.90 bits per heavy atom. The molecule has 8 heteroatoms. The summed E-state index contributed by atoms with van der Waals surface area (Å²) in [6, 6.07) is 7.88. The number of nitrogens with zero attached hydrogens (tertiary/aromatic N) is 2. The van der Waals surface area contributed by atoms with E-state index >= 15 is 0 Å². The molecule has 0 radical (unpaired) electrons. The number of aryl methyl sites for hydroxylation is 1. The van der Waals surface area contributed by atoms with Gasteiger partial charge in [-0.15, -0.1) is 11.3 Å². The van der Waals surface area contributed by atoms with E-state index in [0.717, 1.165) is 67.9 Å². The SMILES string of the molecule is Cc1nc(-c2cccc(NC(=O)NC[C@H]([C@H]3CCOC3)N3CCOCC3)c2)cs1. The molecule has 7 nitrogen and oxygen atoms in total. The topological polar surface area (TPSA) is 75.7 Å². The van der Waals surface area contributed by atoms with E-state index in [1.807, 2.05) is 36.6 Å². The second-order valence-corrected chi connectivity index (χ2v) is 8.57. The predicted molar refractivity (Wildman–Crippen MR) is 114 cm³/mol. The van der Waals surface area contributed by atoms with Crippen molar-refractivity contribution in [3.63, 3.8) is 0 Å². The van der Waals surface area contributed by atoms with Gasteiger partial charge in [-0.1, -0.05) is 12.1 Å². The van der Waals surface area contributed by atoms with Crippen LogP contribution >= 0.6 is 11.3 Å². The predicted octanol–water partition coefficient (Wildman–Crippen LogP) is 2.98. The van der Waals surface area contributed by atoms with E-state index in [9.17, 15) is 4.79 Å². The average molecular weight is 417 g/mol. The first-order chi connectivity index (χ1) is 14.2. The Morgan fingerprint density at radius 2 is 2.17 bits per heavy atom. The van der Waals surface area contributed by atoms with E-state index in [1.165, 1.54) is 0 Å². The third-order valence-electron chi connectivity index (χ3n) is 5.53. The molecule has 2 fully saturated rings. The zero-order chi connectivity index (χ0) is 20.1. The van der Waals surface area contributed by atoms with Crippen LogP contribution in [0, 0.1) is 12.8 Å². The molecule has 156 valence electrons. The summed E-state index contributed by atoms with van der Waals surface area (Å²) in [5.74, 6) is 0.449. The van der Waals surface area contributed by atoms with E-state index in [1.54, 1.807) is 11.3 Å². The zero-order valence-corrected chi connectivity index (χ0v) is 17.5. The highest BCUT2D eigenvalue weighted by Gasteiger charge is 2.31. The van der Waals surface area contributed by atoms with Gasteiger partial charge in [0.05, 0.1) is 30.5 Å². The molecule has 1 aromatic heterocycles. The monoisotopic (exact) mass is 416 g/mol. The van der Waals surface area contributed by atoms with Gasteiger partial charge in [-0.2, -0.15) is 0 Å². The number of morpholine rings is 1. The molecule has 0 spiro atoms. The summed E-state index contributed by atoms with van der Waals surface area (Å²) < 4.78 is 11.1. The van der Waals surface area contributed by atoms with Crippen LogP contribution in [0.5, 0.6) is 0 Å². The minimum absolute atomic E-state index is 0.186. The lowest BCUT2D eigenvalue weighted by Gasteiger charge is -2.37. The molecule has 2 atom stereocenters. The smallest absolute Gasteiger partial charge is 0.319 e. The number of aromatic nitrogens is 1. The van der Waals surface area contributed by atoms with E-state index in [-0.39, 0.29) is 12.1 Å². The molecule has 2 aliphatic heterocycles. The largest absolute Gasteiger partial charge is 0.381 e. The van der Waals surface area contributed by atoms with Crippen molar-refractivity contribution in [3.8, 4) is 11.3 Å². The first-order valence-electron chi connectivity index (χ1n) is 10.2. The fraction of sp³-hybridized carbons (Fsp3) is 0.524. The van der Waals surface area contributed by atoms with E-state index < -0.39 is 0 Å². The average Bonchev–Trinajstić information content (AvgIpc) is 3.41. The molecule has 1 aromatic carbocycles. The number of anilines is 1. The van der Waals surface area contributed by atoms with Gasteiger partial charge >= 0.3 is 6.03 Å². The van der Waals surface area contributed by atoms with E-state index in [0.29, 0.717) is 12.5 Å². The molecular formula is C21H28N4O3S. The van der Waals surface area contributed by atoms with Gasteiger partial charge in [-0.3, -0.25) is 4.90 Å². The van der Waals surface area contributed by atoms with Crippen molar-refractivity contribution in [2.75, 3.05) is 51.4 Å². The number of urea groups is 1. The van der Waals surface area contributed by atoms with Crippen LogP contribution in [0.1, 0.15) is 11.4 Å². The molecular weight excluding hydrogens is 388 g/mol. The Kier molecular flexibility index (Phi) is 6.76. The number of rotatable bonds is 6. The molecule has 4 rings (SSSR count). The van der Waals surface area contributed by atoms with Gasteiger partial charge in [0, 0.05) is 54.8 Å². The summed E-state index contributed by atoms with van der Waals surface area (Å²) in [7, 11) is 0. The van der Waals surface area contributed by atoms with Crippen LogP contribution in [0.25, 0.3) is 11.3 Å². The number of carbonyl (C=O) groups excluding carboxylic acids is 1. The second kappa shape index (κ2) is 9.67. The number of ether oxygens (including phenoxy) is 2. The molecule has 0 bridgehead atoms. The standard InChI is InChI=1S/C21H28N4O3S/c1-15-23-19(14-29-15)16-3-2-4-18(11-16)24-21(26)22-12-20(17-5-8-28-13-17)25-6-9-27-10-7-25/h2-4,11,14,17,20H,5-10,12-13H2,1H3,(H2,22,24,26)/t17-,20+/m0/s1. The number of benzene rings is 1. The van der Waals surface area contributed by atoms with Gasteiger partial charge in [0.2, 0.25) is 0 Å². The number of thiazole rings is 1. The van der Waals surface area contributed by atoms with Gasteiger partial charge in [-0.05, 0) is 25.5 Å². The Balaban J connectivity index is 1.35. The fourth-order valence-corrected chi connectivity index (χ4v) is 4.61. The van der Waals surface area contributed by atoms with Crippen molar-refractivity contribution >= 4 is 23.1 Å². The molecule has 2 saturated heterocycles. The van der Waals surface area contributed by atoms with Crippen molar-refractivity contribution in [1.82, 2.24) is 15.2 Å². The number of amides is 2. The van der Waals surface area contributed by atoms with Gasteiger partial charge < -0.3 is 20.1 Å². The maximum atomic E-state index is 12.6. The van der Waals surface area contributed by atoms with Crippen molar-refractivity contribution in [3.05, 3.63) is 34.7 Å². The van der Waals surface area contributed by atoms with Crippen molar-refractivity contribution in [1.29, 1.82) is 0 Å². The minimum Gasteiger partial charge on any atom is -0.381 e. The van der Waals surface area contributed by atoms with Crippen molar-refractivity contribution in [2.24, 2.45) is 5.92 Å². The Morgan fingerprint density at radius 1 is 1.31 bits per heavy atom. The van der Waals surface area contributed by atoms with Crippen LogP contribution in [-0.2, 0) is 9.47 Å². The fourth-order valence-electron chi connectivity index (χ4n) is 3.98. The summed E-state index contributed by atoms with van der Waals surface area (Å²) >= 11 is 1.62. The molecule has 2 N–H and O–H groups in total. The summed E-state index contributed by atoms with van der Waals surface area (Å²) in [5, 5.41) is 9.09. The first-order valence-corrected chi connectivity index (χ1v) is 11.0. The molecule has 2 amide bonds. The number of carbonyl (C=O) groups is 1. The van der Waals surface area contributed by atoms with Crippen LogP contribution in [0.3, 0.4) is 0 Å². The molecule has 2 aromatic rings. The molecule has 0 saturated carbocycles. The minimum atomic E-state index is -0.186. The normalized spacial score (nSPS) is 21.1. The van der Waals surface area contributed by atoms with Gasteiger partial charge in [0.25, 0.3) is 0 Å². The third-order valence-corrected chi connectivity index (χ3v) is 6.30. The van der Waals surface area contributed by atoms with E-state index in [2.05, 4.69) is 20.5 Å². The Bertz CT molecular complexity index is 816. The van der Waals surface area contributed by atoms with Crippen LogP contribution in [-0.4, -0.2) is 68.0 Å². The third kappa shape index (κ3) is 5.33. The second-order valence-electron chi connectivity index (χ2n) is 7.51. The summed E-state index contributed by atoms with van der Waals surface area (Å²) in [6.07, 6.45) is 1.04. The molecule has 3 heterocycles. The van der Waals surface area contributed by atoms with Gasteiger partial charge in [0.1, 0.15) is 0 Å². The number of nitrogens with one attached hydrogen (secondary N) is 2. The van der Waals surface area contributed by atoms with Crippen LogP contribution in [0.15, 0.2) is 29.6 Å². The molecule has 0 aliphatic carbocycles. The summed E-state index contributed by atoms with van der Waals surface area (Å²) in [6.45, 7) is 7.47. The van der Waals surface area contributed by atoms with Gasteiger partial charge in [0.15, 0.2) is 0 Å². The maximum Gasteiger partial charge on any atom is 0.319 e. The highest BCUT2D eigenvalue weighted by molar-refractivity contribution is 7.09. The van der Waals surface area contributed by atoms with Gasteiger partial charge in [-0.25, -0.2) is 9.78 Å². The Labute approximate surface area is 175 Å². The molecule has 0 unspecified atom stereocenters. The highest BCUT2D eigenvalue weighted by atomic mass is 32.1. The van der Waals surface area contributed by atoms with Crippen molar-refractivity contribution in [2.45, 2.75) is 19.4 Å². The number of hydrogen-bond acceptors (Lipinski definition) is 6. The lowest BCUT2D eigenvalue weighted by atomic mass is 9.97. The zero-order valence-electron chi connectivity index (χ0n) is 16.7. The summed E-state index contributed by atoms with van der Waals surface area (Å²) in [4.78, 5) is 19.5. The maximum absolute atomic E-state index is 12.6. The van der Waals surface area contributed by atoms with Crippen LogP contribution in [0.2, 0.25) is 0 Å². The number of hydrogen-bond donors (Lipinski definition) is 2. The molecule has 2 aliphatic rings. The quantitative estimate of drug-likeness (QED) is 0.757. The van der Waals surface area contributed by atoms with E-state index in [4.69, 9.17) is 9.47 Å². The lowest BCUT2D eigenvalue weighted by Crippen LogP contribution is -2.52. The summed E-state index contributed by atoms with van der Waals surface area (Å²) in [5.41, 5.74) is 2.70.